The van der Waals surface area contributed by atoms with Gasteiger partial charge in [-0.05, 0) is 42.8 Å². The van der Waals surface area contributed by atoms with Crippen LogP contribution in [0.3, 0.4) is 0 Å². The number of aryl methyl sites for hydroxylation is 2. The smallest absolute Gasteiger partial charge is 0.253 e. The van der Waals surface area contributed by atoms with Gasteiger partial charge in [0.25, 0.3) is 5.91 Å². The highest BCUT2D eigenvalue weighted by Gasteiger charge is 2.22. The quantitative estimate of drug-likeness (QED) is 0.716. The van der Waals surface area contributed by atoms with Crippen LogP contribution in [0.1, 0.15) is 21.7 Å². The highest BCUT2D eigenvalue weighted by molar-refractivity contribution is 5.98. The van der Waals surface area contributed by atoms with Gasteiger partial charge in [-0.15, -0.1) is 0 Å². The minimum absolute atomic E-state index is 0.138. The Morgan fingerprint density at radius 2 is 1.67 bits per heavy atom. The number of rotatable bonds is 4. The SMILES string of the molecule is Cc1cc(C)n(CCN2CCN(C(=O)c3ccc4ccccc4c3)CC2)n1. The molecule has 5 nitrogen and oxygen atoms in total. The summed E-state index contributed by atoms with van der Waals surface area (Å²) in [6.45, 7) is 9.39. The zero-order valence-corrected chi connectivity index (χ0v) is 16.1. The fourth-order valence-electron chi connectivity index (χ4n) is 3.82. The van der Waals surface area contributed by atoms with Gasteiger partial charge < -0.3 is 4.90 Å². The van der Waals surface area contributed by atoms with E-state index < -0.39 is 0 Å². The van der Waals surface area contributed by atoms with E-state index in [0.717, 1.165) is 55.9 Å². The van der Waals surface area contributed by atoms with Gasteiger partial charge in [-0.1, -0.05) is 30.3 Å². The van der Waals surface area contributed by atoms with Crippen LogP contribution in [0.25, 0.3) is 10.8 Å². The molecule has 1 aliphatic heterocycles. The zero-order valence-electron chi connectivity index (χ0n) is 16.1. The maximum absolute atomic E-state index is 12.9. The van der Waals surface area contributed by atoms with Crippen LogP contribution in [0, 0.1) is 13.8 Å². The minimum atomic E-state index is 0.138. The van der Waals surface area contributed by atoms with Crippen molar-refractivity contribution in [2.75, 3.05) is 32.7 Å². The maximum Gasteiger partial charge on any atom is 0.253 e. The molecule has 4 rings (SSSR count). The van der Waals surface area contributed by atoms with Gasteiger partial charge in [0.05, 0.1) is 12.2 Å². The molecule has 1 saturated heterocycles. The first-order chi connectivity index (χ1) is 13.1. The Bertz CT molecular complexity index is 954. The first kappa shape index (κ1) is 17.7. The topological polar surface area (TPSA) is 41.4 Å². The number of amides is 1. The highest BCUT2D eigenvalue weighted by Crippen LogP contribution is 2.17. The molecule has 0 aliphatic carbocycles. The van der Waals surface area contributed by atoms with E-state index in [1.54, 1.807) is 0 Å². The third-order valence-corrected chi connectivity index (χ3v) is 5.39. The Morgan fingerprint density at radius 3 is 2.37 bits per heavy atom. The van der Waals surface area contributed by atoms with Crippen LogP contribution in [0.4, 0.5) is 0 Å². The lowest BCUT2D eigenvalue weighted by atomic mass is 10.1. The van der Waals surface area contributed by atoms with Crippen LogP contribution in [-0.2, 0) is 6.54 Å². The van der Waals surface area contributed by atoms with E-state index in [4.69, 9.17) is 0 Å². The van der Waals surface area contributed by atoms with Crippen molar-refractivity contribution in [2.24, 2.45) is 0 Å². The van der Waals surface area contributed by atoms with Gasteiger partial charge in [0.1, 0.15) is 0 Å². The fraction of sp³-hybridized carbons (Fsp3) is 0.364. The second kappa shape index (κ2) is 7.53. The Morgan fingerprint density at radius 1 is 0.926 bits per heavy atom. The van der Waals surface area contributed by atoms with E-state index in [-0.39, 0.29) is 5.91 Å². The number of carbonyl (C=O) groups is 1. The number of hydrogen-bond donors (Lipinski definition) is 0. The minimum Gasteiger partial charge on any atom is -0.336 e. The first-order valence-corrected chi connectivity index (χ1v) is 9.62. The summed E-state index contributed by atoms with van der Waals surface area (Å²) < 4.78 is 2.07. The average Bonchev–Trinajstić information content (AvgIpc) is 3.03. The van der Waals surface area contributed by atoms with Crippen LogP contribution in [-0.4, -0.2) is 58.2 Å². The number of hydrogen-bond acceptors (Lipinski definition) is 3. The number of nitrogens with zero attached hydrogens (tertiary/aromatic N) is 4. The van der Waals surface area contributed by atoms with Gasteiger partial charge in [-0.2, -0.15) is 5.10 Å². The Hall–Kier alpha value is -2.66. The van der Waals surface area contributed by atoms with Crippen LogP contribution >= 0.6 is 0 Å². The van der Waals surface area contributed by atoms with Crippen molar-refractivity contribution in [3.05, 3.63) is 65.5 Å². The Balaban J connectivity index is 1.34. The molecule has 0 atom stereocenters. The van der Waals surface area contributed by atoms with Gasteiger partial charge in [0, 0.05) is 44.0 Å². The molecular formula is C22H26N4O. The molecule has 1 aromatic heterocycles. The lowest BCUT2D eigenvalue weighted by molar-refractivity contribution is 0.0632. The van der Waals surface area contributed by atoms with E-state index in [1.807, 2.05) is 42.2 Å². The van der Waals surface area contributed by atoms with Gasteiger partial charge in [-0.3, -0.25) is 14.4 Å². The van der Waals surface area contributed by atoms with Gasteiger partial charge in [0.15, 0.2) is 0 Å². The predicted molar refractivity (Wildman–Crippen MR) is 108 cm³/mol. The zero-order chi connectivity index (χ0) is 18.8. The largest absolute Gasteiger partial charge is 0.336 e. The van der Waals surface area contributed by atoms with Crippen LogP contribution in [0.2, 0.25) is 0 Å². The summed E-state index contributed by atoms with van der Waals surface area (Å²) >= 11 is 0. The van der Waals surface area contributed by atoms with Crippen LogP contribution in [0.15, 0.2) is 48.5 Å². The number of piperazine rings is 1. The van der Waals surface area contributed by atoms with E-state index in [1.165, 1.54) is 11.1 Å². The summed E-state index contributed by atoms with van der Waals surface area (Å²) in [4.78, 5) is 17.3. The van der Waals surface area contributed by atoms with Crippen molar-refractivity contribution in [1.82, 2.24) is 19.6 Å². The van der Waals surface area contributed by atoms with Crippen LogP contribution < -0.4 is 0 Å². The third-order valence-electron chi connectivity index (χ3n) is 5.39. The molecule has 1 aliphatic rings. The molecule has 0 radical (unpaired) electrons. The van der Waals surface area contributed by atoms with E-state index in [9.17, 15) is 4.79 Å². The summed E-state index contributed by atoms with van der Waals surface area (Å²) in [5.41, 5.74) is 3.06. The number of benzene rings is 2. The maximum atomic E-state index is 12.9. The number of carbonyl (C=O) groups excluding carboxylic acids is 1. The molecular weight excluding hydrogens is 336 g/mol. The number of fused-ring (bicyclic) bond motifs is 1. The molecule has 5 heteroatoms. The van der Waals surface area contributed by atoms with Crippen LogP contribution in [0.5, 0.6) is 0 Å². The summed E-state index contributed by atoms with van der Waals surface area (Å²) in [6, 6.07) is 16.3. The van der Waals surface area contributed by atoms with Crippen molar-refractivity contribution in [3.63, 3.8) is 0 Å². The summed E-state index contributed by atoms with van der Waals surface area (Å²) in [5, 5.41) is 6.81. The third kappa shape index (κ3) is 3.88. The van der Waals surface area contributed by atoms with Gasteiger partial charge >= 0.3 is 0 Å². The second-order valence-electron chi connectivity index (χ2n) is 7.35. The summed E-state index contributed by atoms with van der Waals surface area (Å²) in [7, 11) is 0. The summed E-state index contributed by atoms with van der Waals surface area (Å²) in [5.74, 6) is 0.138. The molecule has 0 N–H and O–H groups in total. The normalized spacial score (nSPS) is 15.4. The predicted octanol–water partition coefficient (Wildman–Crippen LogP) is 3.11. The number of aromatic nitrogens is 2. The molecule has 0 spiro atoms. The van der Waals surface area contributed by atoms with Crippen molar-refractivity contribution in [2.45, 2.75) is 20.4 Å². The average molecular weight is 362 g/mol. The van der Waals surface area contributed by atoms with Gasteiger partial charge in [-0.25, -0.2) is 0 Å². The second-order valence-corrected chi connectivity index (χ2v) is 7.35. The molecule has 3 aromatic rings. The molecule has 0 unspecified atom stereocenters. The molecule has 2 aromatic carbocycles. The molecule has 0 saturated carbocycles. The lowest BCUT2D eigenvalue weighted by Gasteiger charge is -2.34. The monoisotopic (exact) mass is 362 g/mol. The van der Waals surface area contributed by atoms with E-state index in [0.29, 0.717) is 0 Å². The van der Waals surface area contributed by atoms with Crippen molar-refractivity contribution >= 4 is 16.7 Å². The van der Waals surface area contributed by atoms with E-state index >= 15 is 0 Å². The lowest BCUT2D eigenvalue weighted by Crippen LogP contribution is -2.49. The Kier molecular flexibility index (Phi) is 4.94. The molecule has 0 bridgehead atoms. The molecule has 2 heterocycles. The standard InChI is InChI=1S/C22H26N4O/c1-17-15-18(2)26(23-17)14-11-24-9-12-25(13-10-24)22(27)21-8-7-19-5-3-4-6-20(19)16-21/h3-8,15-16H,9-14H2,1-2H3. The molecule has 1 amide bonds. The molecule has 140 valence electrons. The molecule has 1 fully saturated rings. The van der Waals surface area contributed by atoms with Gasteiger partial charge in [0.2, 0.25) is 0 Å². The van der Waals surface area contributed by atoms with E-state index in [2.05, 4.69) is 39.8 Å². The van der Waals surface area contributed by atoms with Crippen molar-refractivity contribution in [1.29, 1.82) is 0 Å². The first-order valence-electron chi connectivity index (χ1n) is 9.62. The van der Waals surface area contributed by atoms with Crippen molar-refractivity contribution in [3.8, 4) is 0 Å². The fourth-order valence-corrected chi connectivity index (χ4v) is 3.82. The van der Waals surface area contributed by atoms with Crippen molar-refractivity contribution < 1.29 is 4.79 Å². The highest BCUT2D eigenvalue weighted by atomic mass is 16.2. The Labute approximate surface area is 160 Å². The summed E-state index contributed by atoms with van der Waals surface area (Å²) in [6.07, 6.45) is 0. The molecule has 27 heavy (non-hydrogen) atoms.